The molecule has 4 heterocycles. The van der Waals surface area contributed by atoms with E-state index >= 15 is 0 Å². The number of hydrogen-bond donors (Lipinski definition) is 3. The molecule has 0 aromatic heterocycles. The van der Waals surface area contributed by atoms with Crippen LogP contribution in [0.25, 0.3) is 0 Å². The second-order valence-electron chi connectivity index (χ2n) is 11.0. The Hall–Kier alpha value is -3.33. The van der Waals surface area contributed by atoms with E-state index in [1.54, 1.807) is 31.2 Å². The van der Waals surface area contributed by atoms with E-state index in [0.717, 1.165) is 0 Å². The van der Waals surface area contributed by atoms with Gasteiger partial charge >= 0.3 is 5.97 Å². The Kier molecular flexibility index (Phi) is 6.83. The fraction of sp³-hybridized carbons (Fsp3) is 0.552. The lowest BCUT2D eigenvalue weighted by Crippen LogP contribution is -2.63. The average molecular weight is 589 g/mol. The Morgan fingerprint density at radius 2 is 1.57 bits per heavy atom. The van der Waals surface area contributed by atoms with Crippen LogP contribution in [0, 0.1) is 11.8 Å². The molecular weight excluding hydrogens is 556 g/mol. The summed E-state index contributed by atoms with van der Waals surface area (Å²) in [7, 11) is 2.86. The average Bonchev–Trinajstić information content (AvgIpc) is 3.61. The van der Waals surface area contributed by atoms with Gasteiger partial charge in [-0.2, -0.15) is 0 Å². The van der Waals surface area contributed by atoms with Crippen molar-refractivity contribution in [3.8, 4) is 28.7 Å². The fourth-order valence-corrected chi connectivity index (χ4v) is 6.74. The maximum Gasteiger partial charge on any atom is 0.310 e. The van der Waals surface area contributed by atoms with E-state index in [0.29, 0.717) is 28.2 Å². The van der Waals surface area contributed by atoms with Gasteiger partial charge in [0, 0.05) is 11.8 Å². The number of carbonyl (C=O) groups is 1. The van der Waals surface area contributed by atoms with E-state index in [1.807, 2.05) is 0 Å². The summed E-state index contributed by atoms with van der Waals surface area (Å²) in [5, 5.41) is 32.5. The standard InChI is InChI=1S/C29H32O13/c1-11-36-9-20-27(40-11)24(31)25(32)29(41-20)42-26-14-7-17-16(38-10-39-17)6-13(14)21(22-15(26)8-37-28(22)33)12-4-18(34-2)23(30)19(5-12)35-3/h4-7,11,15,20-22,24-27,29-32H,8-10H2,1-3H3/t11-,15+,20-,21-,22+,24-,25-,26-,27-,29+/m0/s1. The van der Waals surface area contributed by atoms with Crippen LogP contribution in [0.2, 0.25) is 0 Å². The number of methoxy groups -OCH3 is 2. The van der Waals surface area contributed by atoms with Crippen molar-refractivity contribution in [2.75, 3.05) is 34.2 Å². The molecule has 0 spiro atoms. The summed E-state index contributed by atoms with van der Waals surface area (Å²) in [6.45, 7) is 1.93. The number of rotatable bonds is 5. The summed E-state index contributed by atoms with van der Waals surface area (Å²) in [5.74, 6) is -1.02. The monoisotopic (exact) mass is 588 g/mol. The molecule has 3 fully saturated rings. The van der Waals surface area contributed by atoms with Crippen molar-refractivity contribution >= 4 is 5.97 Å². The topological polar surface area (TPSA) is 161 Å². The molecule has 3 saturated heterocycles. The van der Waals surface area contributed by atoms with Crippen molar-refractivity contribution < 1.29 is 62.7 Å². The summed E-state index contributed by atoms with van der Waals surface area (Å²) in [4.78, 5) is 13.4. The number of phenolic OH excluding ortho intramolecular Hbond substituents is 1. The first-order valence-corrected chi connectivity index (χ1v) is 13.8. The van der Waals surface area contributed by atoms with Crippen molar-refractivity contribution in [3.63, 3.8) is 0 Å². The summed E-state index contributed by atoms with van der Waals surface area (Å²) < 4.78 is 51.5. The van der Waals surface area contributed by atoms with E-state index < -0.39 is 66.8 Å². The van der Waals surface area contributed by atoms with Crippen molar-refractivity contribution in [3.05, 3.63) is 41.0 Å². The van der Waals surface area contributed by atoms with Gasteiger partial charge in [0.05, 0.1) is 39.5 Å². The number of carbonyl (C=O) groups excluding carboxylic acids is 1. The minimum Gasteiger partial charge on any atom is -0.502 e. The third kappa shape index (κ3) is 4.26. The van der Waals surface area contributed by atoms with Crippen LogP contribution in [0.3, 0.4) is 0 Å². The Morgan fingerprint density at radius 3 is 2.26 bits per heavy atom. The third-order valence-corrected chi connectivity index (χ3v) is 8.75. The number of benzene rings is 2. The summed E-state index contributed by atoms with van der Waals surface area (Å²) >= 11 is 0. The van der Waals surface area contributed by atoms with Gasteiger partial charge in [0.1, 0.15) is 24.4 Å². The van der Waals surface area contributed by atoms with Crippen LogP contribution in [-0.4, -0.2) is 92.5 Å². The lowest BCUT2D eigenvalue weighted by atomic mass is 9.66. The van der Waals surface area contributed by atoms with Crippen LogP contribution in [0.1, 0.15) is 35.6 Å². The fourth-order valence-electron chi connectivity index (χ4n) is 6.74. The number of aromatic hydroxyl groups is 1. The highest BCUT2D eigenvalue weighted by Crippen LogP contribution is 2.57. The van der Waals surface area contributed by atoms with E-state index in [9.17, 15) is 20.1 Å². The zero-order valence-electron chi connectivity index (χ0n) is 23.1. The third-order valence-electron chi connectivity index (χ3n) is 8.75. The Balaban J connectivity index is 1.32. The Morgan fingerprint density at radius 1 is 0.881 bits per heavy atom. The molecule has 3 N–H and O–H groups in total. The quantitative estimate of drug-likeness (QED) is 0.430. The maximum absolute atomic E-state index is 13.4. The highest BCUT2D eigenvalue weighted by atomic mass is 16.8. The summed E-state index contributed by atoms with van der Waals surface area (Å²) in [6, 6.07) is 6.93. The van der Waals surface area contributed by atoms with Gasteiger partial charge in [-0.1, -0.05) is 0 Å². The van der Waals surface area contributed by atoms with Gasteiger partial charge in [0.2, 0.25) is 12.5 Å². The molecule has 13 heteroatoms. The van der Waals surface area contributed by atoms with E-state index in [1.165, 1.54) is 14.2 Å². The molecule has 0 saturated carbocycles. The first kappa shape index (κ1) is 27.5. The van der Waals surface area contributed by atoms with Crippen molar-refractivity contribution in [1.82, 2.24) is 0 Å². The highest BCUT2D eigenvalue weighted by molar-refractivity contribution is 5.79. The van der Waals surface area contributed by atoms with Crippen molar-refractivity contribution in [1.29, 1.82) is 0 Å². The molecule has 5 aliphatic rings. The number of aliphatic hydroxyl groups excluding tert-OH is 2. The van der Waals surface area contributed by atoms with Gasteiger partial charge in [-0.05, 0) is 47.9 Å². The van der Waals surface area contributed by atoms with Gasteiger partial charge < -0.3 is 58.0 Å². The SMILES string of the molecule is COc1cc([C@H]2c3cc4c(cc3[C@H](O[C@H]3O[C@H]5CO[C@H](C)O[C@@H]5[C@@H](O)[C@@H]3O)[C@@H]3COC(=O)[C@@H]23)OCO4)cc(OC)c1O. The molecule has 226 valence electrons. The van der Waals surface area contributed by atoms with Gasteiger partial charge in [0.25, 0.3) is 0 Å². The normalized spacial score (nSPS) is 36.5. The second-order valence-corrected chi connectivity index (χ2v) is 11.0. The predicted octanol–water partition coefficient (Wildman–Crippen LogP) is 1.34. The van der Waals surface area contributed by atoms with Gasteiger partial charge in [-0.15, -0.1) is 0 Å². The van der Waals surface area contributed by atoms with Crippen LogP contribution < -0.4 is 18.9 Å². The maximum atomic E-state index is 13.4. The van der Waals surface area contributed by atoms with E-state index in [2.05, 4.69) is 0 Å². The van der Waals surface area contributed by atoms with Gasteiger partial charge in [-0.3, -0.25) is 4.79 Å². The lowest BCUT2D eigenvalue weighted by Gasteiger charge is -2.47. The molecule has 2 aromatic carbocycles. The number of ether oxygens (including phenoxy) is 9. The highest BCUT2D eigenvalue weighted by Gasteiger charge is 2.56. The van der Waals surface area contributed by atoms with Gasteiger partial charge in [0.15, 0.2) is 35.6 Å². The second kappa shape index (κ2) is 10.4. The molecule has 10 atom stereocenters. The smallest absolute Gasteiger partial charge is 0.310 e. The minimum absolute atomic E-state index is 0.0301. The number of esters is 1. The Labute approximate surface area is 240 Å². The molecule has 1 aliphatic carbocycles. The van der Waals surface area contributed by atoms with Crippen molar-refractivity contribution in [2.24, 2.45) is 11.8 Å². The van der Waals surface area contributed by atoms with Crippen LogP contribution >= 0.6 is 0 Å². The number of fused-ring (bicyclic) bond motifs is 4. The predicted molar refractivity (Wildman–Crippen MR) is 138 cm³/mol. The van der Waals surface area contributed by atoms with Gasteiger partial charge in [-0.25, -0.2) is 0 Å². The summed E-state index contributed by atoms with van der Waals surface area (Å²) in [6.07, 6.45) is -6.80. The van der Waals surface area contributed by atoms with Crippen LogP contribution in [0.4, 0.5) is 0 Å². The van der Waals surface area contributed by atoms with Crippen LogP contribution in [0.15, 0.2) is 24.3 Å². The molecule has 0 amide bonds. The molecule has 2 aromatic rings. The first-order chi connectivity index (χ1) is 20.3. The molecule has 7 rings (SSSR count). The zero-order valence-corrected chi connectivity index (χ0v) is 23.1. The minimum atomic E-state index is -1.44. The largest absolute Gasteiger partial charge is 0.502 e. The molecule has 0 unspecified atom stereocenters. The zero-order chi connectivity index (χ0) is 29.3. The number of hydrogen-bond acceptors (Lipinski definition) is 13. The van der Waals surface area contributed by atoms with E-state index in [4.69, 9.17) is 42.6 Å². The molecule has 13 nitrogen and oxygen atoms in total. The summed E-state index contributed by atoms with van der Waals surface area (Å²) in [5.41, 5.74) is 2.01. The first-order valence-electron chi connectivity index (χ1n) is 13.8. The number of cyclic esters (lactones) is 1. The molecule has 42 heavy (non-hydrogen) atoms. The molecule has 0 bridgehead atoms. The Bertz CT molecular complexity index is 1350. The molecule has 0 radical (unpaired) electrons. The van der Waals surface area contributed by atoms with E-state index in [-0.39, 0.29) is 37.3 Å². The van der Waals surface area contributed by atoms with Crippen LogP contribution in [-0.2, 0) is 28.5 Å². The number of aliphatic hydroxyl groups is 2. The van der Waals surface area contributed by atoms with Crippen molar-refractivity contribution in [2.45, 2.75) is 55.9 Å². The lowest BCUT2D eigenvalue weighted by molar-refractivity contribution is -0.364. The molecular formula is C29H32O13. The molecule has 4 aliphatic heterocycles. The number of phenols is 1. The van der Waals surface area contributed by atoms with Crippen LogP contribution in [0.5, 0.6) is 28.7 Å².